The molecule has 0 aromatic carbocycles. The van der Waals surface area contributed by atoms with Crippen LogP contribution in [0.2, 0.25) is 0 Å². The Kier molecular flexibility index (Phi) is 5.07. The number of hydrogen-bond acceptors (Lipinski definition) is 5. The lowest BCUT2D eigenvalue weighted by Crippen LogP contribution is -2.47. The van der Waals surface area contributed by atoms with E-state index >= 15 is 0 Å². The fourth-order valence-corrected chi connectivity index (χ4v) is 4.72. The molecule has 5 amide bonds. The highest BCUT2D eigenvalue weighted by Gasteiger charge is 2.50. The van der Waals surface area contributed by atoms with Crippen LogP contribution in [0, 0.1) is 5.92 Å². The molecule has 1 aromatic rings. The van der Waals surface area contributed by atoms with Crippen molar-refractivity contribution in [2.45, 2.75) is 25.3 Å². The molecule has 2 fully saturated rings. The van der Waals surface area contributed by atoms with Crippen LogP contribution in [0.25, 0.3) is 0 Å². The third-order valence-electron chi connectivity index (χ3n) is 4.88. The van der Waals surface area contributed by atoms with E-state index in [9.17, 15) is 19.2 Å². The number of hydrogen-bond donors (Lipinski definition) is 2. The van der Waals surface area contributed by atoms with Crippen LogP contribution in [0.4, 0.5) is 4.79 Å². The van der Waals surface area contributed by atoms with Gasteiger partial charge >= 0.3 is 6.03 Å². The number of nitrogens with one attached hydrogen (secondary N) is 1. The Morgan fingerprint density at radius 3 is 2.54 bits per heavy atom. The number of imide groups is 1. The van der Waals surface area contributed by atoms with Crippen LogP contribution in [0.1, 0.15) is 24.6 Å². The standard InChI is InChI=1S/C16H19BrN4O4S/c1-16(10-2-3-11(17)26-10)14(24)21(15(25)19-16)8-12(22)20-6-4-9(5-7-20)13(18)23/h2-3,9H,4-8H2,1H3,(H2,18,23)(H,19,25). The largest absolute Gasteiger partial charge is 0.369 e. The first-order valence-electron chi connectivity index (χ1n) is 8.19. The minimum atomic E-state index is -1.17. The van der Waals surface area contributed by atoms with E-state index in [4.69, 9.17) is 5.73 Å². The Morgan fingerprint density at radius 2 is 2.00 bits per heavy atom. The number of amides is 5. The lowest BCUT2D eigenvalue weighted by atomic mass is 9.96. The van der Waals surface area contributed by atoms with Crippen LogP contribution in [0.3, 0.4) is 0 Å². The van der Waals surface area contributed by atoms with Gasteiger partial charge < -0.3 is 16.0 Å². The van der Waals surface area contributed by atoms with Gasteiger partial charge in [-0.25, -0.2) is 4.79 Å². The summed E-state index contributed by atoms with van der Waals surface area (Å²) in [6.45, 7) is 2.11. The van der Waals surface area contributed by atoms with Crippen molar-refractivity contribution in [2.75, 3.05) is 19.6 Å². The number of carbonyl (C=O) groups is 4. The molecule has 2 aliphatic heterocycles. The van der Waals surface area contributed by atoms with Gasteiger partial charge in [0.2, 0.25) is 11.8 Å². The van der Waals surface area contributed by atoms with Gasteiger partial charge in [0.15, 0.2) is 5.54 Å². The number of rotatable bonds is 4. The molecule has 26 heavy (non-hydrogen) atoms. The number of primary amides is 1. The predicted octanol–water partition coefficient (Wildman–Crippen LogP) is 1.00. The molecule has 1 unspecified atom stereocenters. The van der Waals surface area contributed by atoms with Gasteiger partial charge in [0.25, 0.3) is 5.91 Å². The Hall–Kier alpha value is -1.94. The zero-order valence-corrected chi connectivity index (χ0v) is 16.6. The summed E-state index contributed by atoms with van der Waals surface area (Å²) in [7, 11) is 0. The third-order valence-corrected chi connectivity index (χ3v) is 6.73. The van der Waals surface area contributed by atoms with E-state index in [1.807, 2.05) is 0 Å². The van der Waals surface area contributed by atoms with E-state index in [1.165, 1.54) is 11.3 Å². The molecule has 3 rings (SSSR count). The first-order chi connectivity index (χ1) is 12.2. The summed E-state index contributed by atoms with van der Waals surface area (Å²) in [6, 6.07) is 3.00. The smallest absolute Gasteiger partial charge is 0.325 e. The highest BCUT2D eigenvalue weighted by Crippen LogP contribution is 2.35. The van der Waals surface area contributed by atoms with Crippen molar-refractivity contribution in [3.05, 3.63) is 20.8 Å². The van der Waals surface area contributed by atoms with Crippen molar-refractivity contribution in [1.29, 1.82) is 0 Å². The van der Waals surface area contributed by atoms with Crippen LogP contribution < -0.4 is 11.1 Å². The van der Waals surface area contributed by atoms with Crippen molar-refractivity contribution < 1.29 is 19.2 Å². The van der Waals surface area contributed by atoms with E-state index in [0.717, 1.165) is 8.69 Å². The highest BCUT2D eigenvalue weighted by atomic mass is 79.9. The Labute approximate surface area is 162 Å². The van der Waals surface area contributed by atoms with E-state index in [-0.39, 0.29) is 24.3 Å². The van der Waals surface area contributed by atoms with Crippen molar-refractivity contribution in [2.24, 2.45) is 11.7 Å². The molecule has 2 saturated heterocycles. The molecule has 1 atom stereocenters. The van der Waals surface area contributed by atoms with E-state index in [0.29, 0.717) is 30.8 Å². The Morgan fingerprint density at radius 1 is 1.35 bits per heavy atom. The first-order valence-corrected chi connectivity index (χ1v) is 9.80. The maximum absolute atomic E-state index is 12.8. The molecule has 10 heteroatoms. The third kappa shape index (κ3) is 3.35. The number of piperidine rings is 1. The summed E-state index contributed by atoms with van der Waals surface area (Å²) in [6.07, 6.45) is 1.00. The molecular weight excluding hydrogens is 424 g/mol. The average molecular weight is 443 g/mol. The Balaban J connectivity index is 1.67. The van der Waals surface area contributed by atoms with Gasteiger partial charge in [0, 0.05) is 23.9 Å². The van der Waals surface area contributed by atoms with Gasteiger partial charge in [0.1, 0.15) is 6.54 Å². The fourth-order valence-electron chi connectivity index (χ4n) is 3.24. The van der Waals surface area contributed by atoms with Gasteiger partial charge in [-0.05, 0) is 47.8 Å². The second kappa shape index (κ2) is 6.99. The SMILES string of the molecule is CC1(c2ccc(Br)s2)NC(=O)N(CC(=O)N2CCC(C(N)=O)CC2)C1=O. The maximum Gasteiger partial charge on any atom is 0.325 e. The molecule has 0 radical (unpaired) electrons. The molecule has 8 nitrogen and oxygen atoms in total. The molecule has 140 valence electrons. The van der Waals surface area contributed by atoms with Gasteiger partial charge in [-0.15, -0.1) is 11.3 Å². The summed E-state index contributed by atoms with van der Waals surface area (Å²) in [5.74, 6) is -1.34. The van der Waals surface area contributed by atoms with E-state index in [2.05, 4.69) is 21.2 Å². The summed E-state index contributed by atoms with van der Waals surface area (Å²) < 4.78 is 0.850. The molecule has 0 saturated carbocycles. The topological polar surface area (TPSA) is 113 Å². The fraction of sp³-hybridized carbons (Fsp3) is 0.500. The number of urea groups is 1. The minimum Gasteiger partial charge on any atom is -0.369 e. The lowest BCUT2D eigenvalue weighted by molar-refractivity contribution is -0.140. The normalized spacial score (nSPS) is 24.1. The zero-order valence-electron chi connectivity index (χ0n) is 14.2. The Bertz CT molecular complexity index is 774. The lowest BCUT2D eigenvalue weighted by Gasteiger charge is -2.31. The van der Waals surface area contributed by atoms with Crippen LogP contribution in [0.15, 0.2) is 15.9 Å². The molecule has 0 spiro atoms. The van der Waals surface area contributed by atoms with Crippen molar-refractivity contribution in [3.63, 3.8) is 0 Å². The number of nitrogens with two attached hydrogens (primary N) is 1. The number of likely N-dealkylation sites (tertiary alicyclic amines) is 1. The van der Waals surface area contributed by atoms with Crippen LogP contribution in [-0.2, 0) is 19.9 Å². The number of halogens is 1. The maximum atomic E-state index is 12.8. The second-order valence-electron chi connectivity index (χ2n) is 6.61. The minimum absolute atomic E-state index is 0.226. The molecule has 3 N–H and O–H groups in total. The van der Waals surface area contributed by atoms with E-state index < -0.39 is 17.5 Å². The van der Waals surface area contributed by atoms with Crippen molar-refractivity contribution in [3.8, 4) is 0 Å². The average Bonchev–Trinajstić information content (AvgIpc) is 3.13. The second-order valence-corrected chi connectivity index (χ2v) is 9.07. The van der Waals surface area contributed by atoms with E-state index in [1.54, 1.807) is 24.0 Å². The molecule has 0 aliphatic carbocycles. The molecule has 3 heterocycles. The summed E-state index contributed by atoms with van der Waals surface area (Å²) in [4.78, 5) is 52.0. The van der Waals surface area contributed by atoms with Gasteiger partial charge in [-0.1, -0.05) is 0 Å². The summed E-state index contributed by atoms with van der Waals surface area (Å²) >= 11 is 4.71. The quantitative estimate of drug-likeness (QED) is 0.676. The van der Waals surface area contributed by atoms with Crippen LogP contribution >= 0.6 is 27.3 Å². The predicted molar refractivity (Wildman–Crippen MR) is 98.1 cm³/mol. The number of nitrogens with zero attached hydrogens (tertiary/aromatic N) is 2. The summed E-state index contributed by atoms with van der Waals surface area (Å²) in [5, 5.41) is 2.69. The molecule has 1 aromatic heterocycles. The highest BCUT2D eigenvalue weighted by molar-refractivity contribution is 9.11. The van der Waals surface area contributed by atoms with Crippen LogP contribution in [-0.4, -0.2) is 53.2 Å². The monoisotopic (exact) mass is 442 g/mol. The van der Waals surface area contributed by atoms with Gasteiger partial charge in [-0.2, -0.15) is 0 Å². The van der Waals surface area contributed by atoms with Crippen molar-refractivity contribution >= 4 is 51.0 Å². The number of carbonyl (C=O) groups excluding carboxylic acids is 4. The molecular formula is C16H19BrN4O4S. The molecule has 0 bridgehead atoms. The zero-order chi connectivity index (χ0) is 19.1. The van der Waals surface area contributed by atoms with Gasteiger partial charge in [0.05, 0.1) is 3.79 Å². The van der Waals surface area contributed by atoms with Crippen molar-refractivity contribution in [1.82, 2.24) is 15.1 Å². The van der Waals surface area contributed by atoms with Crippen LogP contribution in [0.5, 0.6) is 0 Å². The first kappa shape index (κ1) is 18.8. The number of thiophene rings is 1. The molecule has 2 aliphatic rings. The van der Waals surface area contributed by atoms with Gasteiger partial charge in [-0.3, -0.25) is 19.3 Å². The summed E-state index contributed by atoms with van der Waals surface area (Å²) in [5.41, 5.74) is 4.12.